The van der Waals surface area contributed by atoms with E-state index in [-0.39, 0.29) is 5.91 Å². The van der Waals surface area contributed by atoms with E-state index in [9.17, 15) is 4.79 Å². The van der Waals surface area contributed by atoms with Crippen molar-refractivity contribution in [3.63, 3.8) is 0 Å². The van der Waals surface area contributed by atoms with E-state index in [2.05, 4.69) is 45.5 Å². The van der Waals surface area contributed by atoms with Crippen LogP contribution in [0.4, 0.5) is 5.69 Å². The molecule has 3 aliphatic rings. The van der Waals surface area contributed by atoms with Gasteiger partial charge in [-0.1, -0.05) is 30.5 Å². The molecule has 2 fully saturated rings. The molecule has 1 N–H and O–H groups in total. The van der Waals surface area contributed by atoms with Crippen molar-refractivity contribution in [2.24, 2.45) is 5.92 Å². The summed E-state index contributed by atoms with van der Waals surface area (Å²) in [5.74, 6) is 1.35. The molecule has 2 aliphatic heterocycles. The molecule has 2 aromatic rings. The third-order valence-electron chi connectivity index (χ3n) is 7.54. The van der Waals surface area contributed by atoms with Gasteiger partial charge in [0, 0.05) is 43.0 Å². The van der Waals surface area contributed by atoms with Crippen LogP contribution in [0.15, 0.2) is 22.7 Å². The van der Waals surface area contributed by atoms with Crippen molar-refractivity contribution in [2.45, 2.75) is 51.5 Å². The van der Waals surface area contributed by atoms with Gasteiger partial charge < -0.3 is 14.7 Å². The molecule has 1 amide bonds. The summed E-state index contributed by atoms with van der Waals surface area (Å²) in [5.41, 5.74) is 4.60. The molecule has 5 rings (SSSR count). The second kappa shape index (κ2) is 7.50. The molecule has 0 spiro atoms. The quantitative estimate of drug-likeness (QED) is 0.834. The van der Waals surface area contributed by atoms with Crippen LogP contribution in [0.5, 0.6) is 0 Å². The first-order chi connectivity index (χ1) is 14.5. The Morgan fingerprint density at radius 2 is 1.83 bits per heavy atom. The van der Waals surface area contributed by atoms with E-state index < -0.39 is 5.54 Å². The van der Waals surface area contributed by atoms with Crippen LogP contribution in [-0.4, -0.2) is 54.1 Å². The predicted molar refractivity (Wildman–Crippen MR) is 117 cm³/mol. The fourth-order valence-electron chi connectivity index (χ4n) is 6.02. The van der Waals surface area contributed by atoms with Gasteiger partial charge in [-0.3, -0.25) is 9.69 Å². The molecule has 6 heteroatoms. The molecule has 1 aromatic heterocycles. The number of aromatic nitrogens is 1. The zero-order valence-corrected chi connectivity index (χ0v) is 18.3. The number of carbonyl (C=O) groups excluding carboxylic acids is 1. The lowest BCUT2D eigenvalue weighted by Gasteiger charge is -2.49. The van der Waals surface area contributed by atoms with Crippen molar-refractivity contribution in [1.82, 2.24) is 15.0 Å². The minimum Gasteiger partial charge on any atom is -0.361 e. The van der Waals surface area contributed by atoms with Crippen molar-refractivity contribution in [1.29, 1.82) is 0 Å². The van der Waals surface area contributed by atoms with Crippen LogP contribution in [-0.2, 0) is 10.3 Å². The number of hydrogen-bond donors (Lipinski definition) is 1. The van der Waals surface area contributed by atoms with Gasteiger partial charge in [0.05, 0.1) is 5.69 Å². The molecule has 160 valence electrons. The molecule has 6 nitrogen and oxygen atoms in total. The highest BCUT2D eigenvalue weighted by molar-refractivity contribution is 6.06. The van der Waals surface area contributed by atoms with E-state index in [1.165, 1.54) is 19.3 Å². The van der Waals surface area contributed by atoms with Crippen LogP contribution in [0, 0.1) is 19.8 Å². The lowest BCUT2D eigenvalue weighted by molar-refractivity contribution is -0.135. The highest BCUT2D eigenvalue weighted by Crippen LogP contribution is 2.51. The summed E-state index contributed by atoms with van der Waals surface area (Å²) in [5, 5.41) is 7.41. The van der Waals surface area contributed by atoms with Crippen molar-refractivity contribution in [3.8, 4) is 11.1 Å². The van der Waals surface area contributed by atoms with Gasteiger partial charge in [-0.05, 0) is 57.4 Å². The van der Waals surface area contributed by atoms with Gasteiger partial charge in [-0.25, -0.2) is 0 Å². The Hall–Kier alpha value is -2.18. The smallest absolute Gasteiger partial charge is 0.249 e. The zero-order chi connectivity index (χ0) is 20.9. The minimum absolute atomic E-state index is 0.171. The average molecular weight is 409 g/mol. The molecule has 1 saturated heterocycles. The normalized spacial score (nSPS) is 26.0. The fourth-order valence-corrected chi connectivity index (χ4v) is 6.02. The molecule has 1 saturated carbocycles. The van der Waals surface area contributed by atoms with Crippen LogP contribution < -0.4 is 5.32 Å². The number of nitrogens with zero attached hydrogens (tertiary/aromatic N) is 3. The second-order valence-electron chi connectivity index (χ2n) is 9.31. The number of rotatable bonds is 3. The molecule has 0 bridgehead atoms. The Morgan fingerprint density at radius 3 is 2.50 bits per heavy atom. The summed E-state index contributed by atoms with van der Waals surface area (Å²) >= 11 is 0. The van der Waals surface area contributed by atoms with Crippen molar-refractivity contribution < 1.29 is 9.32 Å². The largest absolute Gasteiger partial charge is 0.361 e. The molecule has 1 unspecified atom stereocenters. The van der Waals surface area contributed by atoms with Crippen molar-refractivity contribution >= 4 is 11.6 Å². The minimum atomic E-state index is -0.563. The maximum Gasteiger partial charge on any atom is 0.249 e. The number of likely N-dealkylation sites (N-methyl/N-ethyl adjacent to an activating group) is 1. The number of carbonyl (C=O) groups is 1. The third-order valence-corrected chi connectivity index (χ3v) is 7.54. The molecule has 0 radical (unpaired) electrons. The highest BCUT2D eigenvalue weighted by Gasteiger charge is 2.56. The maximum absolute atomic E-state index is 13.8. The van der Waals surface area contributed by atoms with E-state index in [0.29, 0.717) is 5.92 Å². The average Bonchev–Trinajstić information content (AvgIpc) is 3.24. The third kappa shape index (κ3) is 2.92. The predicted octanol–water partition coefficient (Wildman–Crippen LogP) is 3.93. The molecular weight excluding hydrogens is 376 g/mol. The Balaban J connectivity index is 1.66. The van der Waals surface area contributed by atoms with Gasteiger partial charge in [0.1, 0.15) is 11.3 Å². The first kappa shape index (κ1) is 19.8. The SMILES string of the molecule is Cc1noc(C)c1-c1ccc2c(c1)C(C1CCCCC1)(N1CCN(C)CC1)C(=O)N2. The molecule has 3 heterocycles. The second-order valence-corrected chi connectivity index (χ2v) is 9.31. The van der Waals surface area contributed by atoms with Crippen molar-refractivity contribution in [3.05, 3.63) is 35.2 Å². The van der Waals surface area contributed by atoms with E-state index in [4.69, 9.17) is 4.52 Å². The van der Waals surface area contributed by atoms with Crippen LogP contribution >= 0.6 is 0 Å². The van der Waals surface area contributed by atoms with Crippen LogP contribution in [0.3, 0.4) is 0 Å². The first-order valence-electron chi connectivity index (χ1n) is 11.3. The number of hydrogen-bond acceptors (Lipinski definition) is 5. The number of anilines is 1. The molecular formula is C24H32N4O2. The number of benzene rings is 1. The summed E-state index contributed by atoms with van der Waals surface area (Å²) in [7, 11) is 2.17. The summed E-state index contributed by atoms with van der Waals surface area (Å²) in [6.45, 7) is 7.80. The number of piperazine rings is 1. The van der Waals surface area contributed by atoms with E-state index in [0.717, 1.165) is 72.9 Å². The van der Waals surface area contributed by atoms with E-state index >= 15 is 0 Å². The Morgan fingerprint density at radius 1 is 1.10 bits per heavy atom. The van der Waals surface area contributed by atoms with Gasteiger partial charge >= 0.3 is 0 Å². The summed E-state index contributed by atoms with van der Waals surface area (Å²) in [6.07, 6.45) is 5.95. The van der Waals surface area contributed by atoms with Crippen LogP contribution in [0.2, 0.25) is 0 Å². The van der Waals surface area contributed by atoms with E-state index in [1.807, 2.05) is 13.8 Å². The van der Waals surface area contributed by atoms with Crippen LogP contribution in [0.1, 0.15) is 49.1 Å². The Labute approximate surface area is 178 Å². The van der Waals surface area contributed by atoms with E-state index in [1.54, 1.807) is 0 Å². The molecule has 1 aromatic carbocycles. The van der Waals surface area contributed by atoms with Gasteiger partial charge in [-0.2, -0.15) is 0 Å². The number of nitrogens with one attached hydrogen (secondary N) is 1. The fraction of sp³-hybridized carbons (Fsp3) is 0.583. The standard InChI is InChI=1S/C24H32N4O2/c1-16-22(17(2)30-26-16)18-9-10-21-20(15-18)24(23(29)25-21,19-7-5-4-6-8-19)28-13-11-27(3)12-14-28/h9-10,15,19H,4-8,11-14H2,1-3H3,(H,25,29). The van der Waals surface area contributed by atoms with Gasteiger partial charge in [0.15, 0.2) is 0 Å². The zero-order valence-electron chi connectivity index (χ0n) is 18.3. The number of amides is 1. The summed E-state index contributed by atoms with van der Waals surface area (Å²) < 4.78 is 5.44. The number of aryl methyl sites for hydroxylation is 2. The Bertz CT molecular complexity index is 935. The number of fused-ring (bicyclic) bond motifs is 1. The van der Waals surface area contributed by atoms with Gasteiger partial charge in [-0.15, -0.1) is 0 Å². The topological polar surface area (TPSA) is 61.6 Å². The monoisotopic (exact) mass is 408 g/mol. The molecule has 1 aliphatic carbocycles. The lowest BCUT2D eigenvalue weighted by atomic mass is 9.69. The van der Waals surface area contributed by atoms with Gasteiger partial charge in [0.2, 0.25) is 5.91 Å². The maximum atomic E-state index is 13.8. The van der Waals surface area contributed by atoms with Crippen LogP contribution in [0.25, 0.3) is 11.1 Å². The Kier molecular flexibility index (Phi) is 4.94. The molecule has 30 heavy (non-hydrogen) atoms. The van der Waals surface area contributed by atoms with Crippen molar-refractivity contribution in [2.75, 3.05) is 38.5 Å². The van der Waals surface area contributed by atoms with Gasteiger partial charge in [0.25, 0.3) is 0 Å². The summed E-state index contributed by atoms with van der Waals surface area (Å²) in [4.78, 5) is 18.6. The highest BCUT2D eigenvalue weighted by atomic mass is 16.5. The molecule has 1 atom stereocenters. The lowest BCUT2D eigenvalue weighted by Crippen LogP contribution is -2.61. The summed E-state index contributed by atoms with van der Waals surface area (Å²) in [6, 6.07) is 6.41. The first-order valence-corrected chi connectivity index (χ1v) is 11.3.